The van der Waals surface area contributed by atoms with Crippen LogP contribution in [0.25, 0.3) is 0 Å². The highest BCUT2D eigenvalue weighted by Crippen LogP contribution is 2.45. The van der Waals surface area contributed by atoms with Crippen molar-refractivity contribution in [3.05, 3.63) is 0 Å². The van der Waals surface area contributed by atoms with Gasteiger partial charge in [-0.2, -0.15) is 5.06 Å². The van der Waals surface area contributed by atoms with E-state index in [1.807, 2.05) is 27.7 Å². The van der Waals surface area contributed by atoms with Gasteiger partial charge in [-0.3, -0.25) is 9.63 Å². The molecule has 20 heavy (non-hydrogen) atoms. The second-order valence-corrected chi connectivity index (χ2v) is 6.36. The van der Waals surface area contributed by atoms with E-state index in [9.17, 15) is 14.7 Å². The quantitative estimate of drug-likeness (QED) is 0.777. The average Bonchev–Trinajstić information content (AvgIpc) is 2.49. The van der Waals surface area contributed by atoms with Crippen LogP contribution in [0.15, 0.2) is 0 Å². The van der Waals surface area contributed by atoms with Gasteiger partial charge in [0, 0.05) is 5.54 Å². The zero-order valence-corrected chi connectivity index (χ0v) is 13.1. The summed E-state index contributed by atoms with van der Waals surface area (Å²) in [6.07, 6.45) is -0.300. The van der Waals surface area contributed by atoms with Gasteiger partial charge in [0.15, 0.2) is 6.10 Å². The van der Waals surface area contributed by atoms with Crippen LogP contribution in [0.4, 0.5) is 0 Å². The van der Waals surface area contributed by atoms with Gasteiger partial charge in [-0.1, -0.05) is 0 Å². The first-order valence-corrected chi connectivity index (χ1v) is 6.90. The number of hydrogen-bond donors (Lipinski definition) is 1. The van der Waals surface area contributed by atoms with Crippen molar-refractivity contribution < 1.29 is 24.3 Å². The molecule has 2 unspecified atom stereocenters. The van der Waals surface area contributed by atoms with Gasteiger partial charge in [0.25, 0.3) is 0 Å². The van der Waals surface area contributed by atoms with Gasteiger partial charge in [0.1, 0.15) is 0 Å². The standard InChI is InChI=1S/C14H25NO5/c1-7-19-12(18)9(2)20-15-13(3,4)8-10(11(16)17)14(15,5)6/h9-10H,7-8H2,1-6H3,(H,16,17). The fraction of sp³-hybridized carbons (Fsp3) is 0.857. The molecular weight excluding hydrogens is 262 g/mol. The molecule has 0 aromatic rings. The van der Waals surface area contributed by atoms with Crippen LogP contribution in [-0.2, 0) is 19.2 Å². The molecule has 1 fully saturated rings. The molecule has 1 N–H and O–H groups in total. The van der Waals surface area contributed by atoms with Gasteiger partial charge >= 0.3 is 11.9 Å². The van der Waals surface area contributed by atoms with Crippen molar-refractivity contribution in [2.45, 2.75) is 65.1 Å². The monoisotopic (exact) mass is 287 g/mol. The van der Waals surface area contributed by atoms with E-state index in [1.165, 1.54) is 0 Å². The maximum Gasteiger partial charge on any atom is 0.337 e. The lowest BCUT2D eigenvalue weighted by Crippen LogP contribution is -2.52. The van der Waals surface area contributed by atoms with Crippen LogP contribution in [0.3, 0.4) is 0 Å². The summed E-state index contributed by atoms with van der Waals surface area (Å²) in [5.41, 5.74) is -1.16. The van der Waals surface area contributed by atoms with Gasteiger partial charge in [0.05, 0.1) is 18.1 Å². The average molecular weight is 287 g/mol. The third kappa shape index (κ3) is 3.12. The molecule has 0 radical (unpaired) electrons. The largest absolute Gasteiger partial charge is 0.481 e. The molecule has 0 bridgehead atoms. The highest BCUT2D eigenvalue weighted by atomic mass is 16.7. The smallest absolute Gasteiger partial charge is 0.337 e. The molecule has 1 saturated heterocycles. The summed E-state index contributed by atoms with van der Waals surface area (Å²) in [5, 5.41) is 11.0. The molecule has 2 atom stereocenters. The van der Waals surface area contributed by atoms with Crippen LogP contribution in [-0.4, -0.2) is 45.9 Å². The number of carbonyl (C=O) groups excluding carboxylic acids is 1. The van der Waals surface area contributed by atoms with Gasteiger partial charge in [-0.05, 0) is 48.0 Å². The Morgan fingerprint density at radius 3 is 2.30 bits per heavy atom. The first kappa shape index (κ1) is 16.9. The maximum atomic E-state index is 11.7. The van der Waals surface area contributed by atoms with Crippen molar-refractivity contribution in [1.29, 1.82) is 0 Å². The topological polar surface area (TPSA) is 76.1 Å². The maximum absolute atomic E-state index is 11.7. The number of carboxylic acid groups (broad SMARTS) is 1. The Bertz CT molecular complexity index is 391. The molecule has 0 spiro atoms. The Labute approximate surface area is 120 Å². The number of rotatable bonds is 5. The number of carboxylic acids is 1. The molecule has 6 nitrogen and oxygen atoms in total. The van der Waals surface area contributed by atoms with Crippen LogP contribution in [0.5, 0.6) is 0 Å². The summed E-state index contributed by atoms with van der Waals surface area (Å²) in [7, 11) is 0. The lowest BCUT2D eigenvalue weighted by molar-refractivity contribution is -0.269. The molecule has 0 saturated carbocycles. The number of hydroxylamine groups is 2. The predicted molar refractivity (Wildman–Crippen MR) is 72.9 cm³/mol. The minimum absolute atomic E-state index is 0.289. The Kier molecular flexibility index (Phi) is 4.82. The van der Waals surface area contributed by atoms with E-state index in [0.717, 1.165) is 0 Å². The van der Waals surface area contributed by atoms with E-state index >= 15 is 0 Å². The van der Waals surface area contributed by atoms with E-state index in [4.69, 9.17) is 9.57 Å². The zero-order valence-electron chi connectivity index (χ0n) is 13.1. The van der Waals surface area contributed by atoms with E-state index in [0.29, 0.717) is 6.42 Å². The zero-order chi connectivity index (χ0) is 15.7. The van der Waals surface area contributed by atoms with Crippen LogP contribution in [0.1, 0.15) is 48.0 Å². The fourth-order valence-corrected chi connectivity index (χ4v) is 2.88. The number of esters is 1. The third-order valence-electron chi connectivity index (χ3n) is 3.81. The molecule has 1 rings (SSSR count). The van der Waals surface area contributed by atoms with E-state index in [1.54, 1.807) is 18.9 Å². The summed E-state index contributed by atoms with van der Waals surface area (Å²) in [6, 6.07) is 0. The van der Waals surface area contributed by atoms with Crippen molar-refractivity contribution in [2.75, 3.05) is 6.61 Å². The van der Waals surface area contributed by atoms with Crippen molar-refractivity contribution in [3.63, 3.8) is 0 Å². The fourth-order valence-electron chi connectivity index (χ4n) is 2.88. The third-order valence-corrected chi connectivity index (χ3v) is 3.81. The highest BCUT2D eigenvalue weighted by Gasteiger charge is 2.56. The molecule has 0 aliphatic carbocycles. The summed E-state index contributed by atoms with van der Waals surface area (Å²) in [5.74, 6) is -1.84. The minimum Gasteiger partial charge on any atom is -0.481 e. The predicted octanol–water partition coefficient (Wildman–Crippen LogP) is 1.83. The highest BCUT2D eigenvalue weighted by molar-refractivity contribution is 5.74. The Morgan fingerprint density at radius 2 is 1.90 bits per heavy atom. The molecular formula is C14H25NO5. The Hall–Kier alpha value is -1.14. The summed E-state index contributed by atoms with van der Waals surface area (Å²) in [4.78, 5) is 28.8. The molecule has 0 aromatic carbocycles. The van der Waals surface area contributed by atoms with Crippen molar-refractivity contribution in [1.82, 2.24) is 5.06 Å². The summed E-state index contributed by atoms with van der Waals surface area (Å²) < 4.78 is 4.92. The number of carbonyl (C=O) groups is 2. The number of nitrogens with zero attached hydrogens (tertiary/aromatic N) is 1. The Morgan fingerprint density at radius 1 is 1.35 bits per heavy atom. The SMILES string of the molecule is CCOC(=O)C(C)ON1C(C)(C)CC(C(=O)O)C1(C)C. The summed E-state index contributed by atoms with van der Waals surface area (Å²) in [6.45, 7) is 11.1. The van der Waals surface area contributed by atoms with Crippen molar-refractivity contribution in [3.8, 4) is 0 Å². The first-order valence-electron chi connectivity index (χ1n) is 6.90. The van der Waals surface area contributed by atoms with E-state index < -0.39 is 35.0 Å². The van der Waals surface area contributed by atoms with E-state index in [2.05, 4.69) is 0 Å². The second kappa shape index (κ2) is 5.69. The van der Waals surface area contributed by atoms with Gasteiger partial charge in [-0.25, -0.2) is 4.79 Å². The van der Waals surface area contributed by atoms with E-state index in [-0.39, 0.29) is 6.61 Å². The first-order chi connectivity index (χ1) is 9.04. The summed E-state index contributed by atoms with van der Waals surface area (Å²) >= 11 is 0. The van der Waals surface area contributed by atoms with Crippen LogP contribution in [0, 0.1) is 5.92 Å². The van der Waals surface area contributed by atoms with Crippen molar-refractivity contribution >= 4 is 11.9 Å². The van der Waals surface area contributed by atoms with Gasteiger partial charge < -0.3 is 9.84 Å². The van der Waals surface area contributed by atoms with Gasteiger partial charge in [-0.15, -0.1) is 0 Å². The van der Waals surface area contributed by atoms with Crippen LogP contribution >= 0.6 is 0 Å². The molecule has 6 heteroatoms. The molecule has 0 aromatic heterocycles. The van der Waals surface area contributed by atoms with Crippen LogP contribution < -0.4 is 0 Å². The molecule has 1 aliphatic rings. The van der Waals surface area contributed by atoms with Gasteiger partial charge in [0.2, 0.25) is 0 Å². The Balaban J connectivity index is 2.92. The molecule has 1 aliphatic heterocycles. The molecule has 116 valence electrons. The van der Waals surface area contributed by atoms with Crippen molar-refractivity contribution in [2.24, 2.45) is 5.92 Å². The number of hydrogen-bond acceptors (Lipinski definition) is 5. The second-order valence-electron chi connectivity index (χ2n) is 6.36. The minimum atomic E-state index is -0.849. The lowest BCUT2D eigenvalue weighted by Gasteiger charge is -2.40. The molecule has 1 heterocycles. The molecule has 0 amide bonds. The number of ether oxygens (including phenoxy) is 1. The van der Waals surface area contributed by atoms with Crippen LogP contribution in [0.2, 0.25) is 0 Å². The number of aliphatic carboxylic acids is 1. The lowest BCUT2D eigenvalue weighted by atomic mass is 9.87. The normalized spacial score (nSPS) is 26.2.